The number of hydrazine groups is 1. The Labute approximate surface area is 172 Å². The molecule has 0 fully saturated rings. The highest BCUT2D eigenvalue weighted by Crippen LogP contribution is 2.27. The number of anilines is 1. The second kappa shape index (κ2) is 9.62. The molecule has 0 saturated carbocycles. The van der Waals surface area contributed by atoms with Crippen molar-refractivity contribution in [3.8, 4) is 5.75 Å². The van der Waals surface area contributed by atoms with Gasteiger partial charge >= 0.3 is 0 Å². The molecule has 0 unspecified atom stereocenters. The summed E-state index contributed by atoms with van der Waals surface area (Å²) in [6, 6.07) is 11.8. The van der Waals surface area contributed by atoms with Crippen LogP contribution in [0.2, 0.25) is 0 Å². The number of benzene rings is 2. The van der Waals surface area contributed by atoms with Crippen LogP contribution in [0.15, 0.2) is 47.1 Å². The van der Waals surface area contributed by atoms with E-state index in [9.17, 15) is 0 Å². The normalized spacial score (nSPS) is 11.7. The second-order valence-corrected chi connectivity index (χ2v) is 7.09. The van der Waals surface area contributed by atoms with E-state index in [4.69, 9.17) is 27.6 Å². The highest BCUT2D eigenvalue weighted by atomic mass is 35.5. The number of aryl methyl sites for hydroxylation is 2. The molecule has 2 rings (SSSR count). The Morgan fingerprint density at radius 3 is 2.57 bits per heavy atom. The van der Waals surface area contributed by atoms with Crippen molar-refractivity contribution in [2.24, 2.45) is 5.84 Å². The van der Waals surface area contributed by atoms with Crippen molar-refractivity contribution in [2.45, 2.75) is 33.8 Å². The van der Waals surface area contributed by atoms with Crippen LogP contribution in [0.1, 0.15) is 36.1 Å². The summed E-state index contributed by atoms with van der Waals surface area (Å²) in [5, 5.41) is 13.3. The van der Waals surface area contributed by atoms with Gasteiger partial charge < -0.3 is 15.1 Å². The van der Waals surface area contributed by atoms with Crippen molar-refractivity contribution in [3.05, 3.63) is 69.4 Å². The smallest absolute Gasteiger partial charge is 0.122 e. The first-order valence-corrected chi connectivity index (χ1v) is 9.64. The maximum absolute atomic E-state index is 8.36. The summed E-state index contributed by atoms with van der Waals surface area (Å²) < 4.78 is 6.12. The third kappa shape index (κ3) is 4.86. The first-order chi connectivity index (χ1) is 13.3. The Hall–Kier alpha value is -2.50. The number of nitrogens with zero attached hydrogens (tertiary/aromatic N) is 1. The molecule has 5 nitrogen and oxygen atoms in total. The maximum atomic E-state index is 8.36. The average Bonchev–Trinajstić information content (AvgIpc) is 2.70. The van der Waals surface area contributed by atoms with Crippen LogP contribution >= 0.6 is 11.6 Å². The third-order valence-corrected chi connectivity index (χ3v) is 5.24. The van der Waals surface area contributed by atoms with Gasteiger partial charge in [-0.05, 0) is 55.7 Å². The quantitative estimate of drug-likeness (QED) is 0.264. The van der Waals surface area contributed by atoms with E-state index >= 15 is 0 Å². The Morgan fingerprint density at radius 2 is 2.00 bits per heavy atom. The minimum absolute atomic E-state index is 0.386. The number of allylic oxidation sites excluding steroid dienone is 1. The number of nitrogens with one attached hydrogen (secondary N) is 2. The van der Waals surface area contributed by atoms with Gasteiger partial charge in [0.05, 0.1) is 11.4 Å². The minimum Gasteiger partial charge on any atom is -0.489 e. The van der Waals surface area contributed by atoms with Crippen molar-refractivity contribution in [3.63, 3.8) is 0 Å². The number of ether oxygens (including phenoxy) is 1. The molecule has 150 valence electrons. The van der Waals surface area contributed by atoms with Gasteiger partial charge in [-0.25, -0.2) is 5.84 Å². The van der Waals surface area contributed by atoms with Crippen molar-refractivity contribution in [1.82, 2.24) is 5.32 Å². The van der Waals surface area contributed by atoms with Gasteiger partial charge in [-0.2, -0.15) is 0 Å². The van der Waals surface area contributed by atoms with Gasteiger partial charge in [0.15, 0.2) is 0 Å². The van der Waals surface area contributed by atoms with Crippen molar-refractivity contribution in [2.75, 3.05) is 19.1 Å². The highest BCUT2D eigenvalue weighted by Gasteiger charge is 2.13. The molecule has 0 aliphatic rings. The second-order valence-electron chi connectivity index (χ2n) is 6.71. The van der Waals surface area contributed by atoms with Gasteiger partial charge in [-0.3, -0.25) is 5.41 Å². The zero-order valence-corrected chi connectivity index (χ0v) is 17.9. The van der Waals surface area contributed by atoms with E-state index in [1.165, 1.54) is 5.56 Å². The molecule has 0 aliphatic carbocycles. The summed E-state index contributed by atoms with van der Waals surface area (Å²) in [6.07, 6.45) is 0.910. The van der Waals surface area contributed by atoms with E-state index in [2.05, 4.69) is 18.3 Å². The van der Waals surface area contributed by atoms with Gasteiger partial charge in [0.1, 0.15) is 17.5 Å². The molecule has 0 atom stereocenters. The molecule has 0 heterocycles. The van der Waals surface area contributed by atoms with E-state index in [0.717, 1.165) is 34.5 Å². The van der Waals surface area contributed by atoms with E-state index in [-0.39, 0.29) is 0 Å². The highest BCUT2D eigenvalue weighted by molar-refractivity contribution is 6.32. The number of nitrogens with two attached hydrogens (primary N) is 1. The monoisotopic (exact) mass is 400 g/mol. The van der Waals surface area contributed by atoms with Crippen LogP contribution in [0.25, 0.3) is 0 Å². The minimum atomic E-state index is 0.386. The summed E-state index contributed by atoms with van der Waals surface area (Å²) in [5.41, 5.74) is 6.11. The molecule has 0 saturated heterocycles. The Kier molecular flexibility index (Phi) is 7.49. The summed E-state index contributed by atoms with van der Waals surface area (Å²) in [5.74, 6) is 6.77. The zero-order chi connectivity index (χ0) is 20.8. The molecule has 0 aromatic heterocycles. The first kappa shape index (κ1) is 21.8. The summed E-state index contributed by atoms with van der Waals surface area (Å²) in [4.78, 5) is 0. The average molecular weight is 401 g/mol. The standard InChI is InChI=1S/C22H29ClN4O/c1-6-16-8-7-9-19(27(5)25)18(16)13-28-20-11-10-17(12-14(20)2)21(24)15(3)22(23)26-4/h7-12,24,26H,6,13,25H2,1-5H3/b22-15-,24-21?. The van der Waals surface area contributed by atoms with Crippen molar-refractivity contribution < 1.29 is 4.74 Å². The predicted octanol–water partition coefficient (Wildman–Crippen LogP) is 4.50. The lowest BCUT2D eigenvalue weighted by molar-refractivity contribution is 0.303. The summed E-state index contributed by atoms with van der Waals surface area (Å²) in [7, 11) is 3.57. The van der Waals surface area contributed by atoms with Crippen LogP contribution in [0, 0.1) is 12.3 Å². The van der Waals surface area contributed by atoms with Crippen molar-refractivity contribution in [1.29, 1.82) is 5.41 Å². The molecule has 0 spiro atoms. The van der Waals surface area contributed by atoms with Gasteiger partial charge in [0.25, 0.3) is 0 Å². The largest absolute Gasteiger partial charge is 0.489 e. The fraction of sp³-hybridized carbons (Fsp3) is 0.318. The summed E-state index contributed by atoms with van der Waals surface area (Å²) >= 11 is 6.11. The lowest BCUT2D eigenvalue weighted by atomic mass is 10.0. The lowest BCUT2D eigenvalue weighted by Crippen LogP contribution is -2.27. The predicted molar refractivity (Wildman–Crippen MR) is 118 cm³/mol. The molecule has 2 aromatic carbocycles. The van der Waals surface area contributed by atoms with Crippen LogP contribution in [0.3, 0.4) is 0 Å². The molecular formula is C22H29ClN4O. The van der Waals surface area contributed by atoms with Gasteiger partial charge in [-0.1, -0.05) is 30.7 Å². The zero-order valence-electron chi connectivity index (χ0n) is 17.2. The first-order valence-electron chi connectivity index (χ1n) is 9.26. The molecule has 6 heteroatoms. The number of halogens is 1. The Bertz CT molecular complexity index is 890. The molecule has 28 heavy (non-hydrogen) atoms. The SMILES string of the molecule is CCc1cccc(N(C)N)c1COc1ccc(C(=N)/C(C)=C(/Cl)NC)cc1C. The van der Waals surface area contributed by atoms with Crippen LogP contribution < -0.4 is 20.9 Å². The summed E-state index contributed by atoms with van der Waals surface area (Å²) in [6.45, 7) is 6.36. The fourth-order valence-electron chi connectivity index (χ4n) is 3.08. The number of hydrogen-bond acceptors (Lipinski definition) is 5. The molecule has 2 aromatic rings. The van der Waals surface area contributed by atoms with Crippen molar-refractivity contribution >= 4 is 23.0 Å². The van der Waals surface area contributed by atoms with Crippen LogP contribution in [0.4, 0.5) is 5.69 Å². The van der Waals surface area contributed by atoms with Gasteiger partial charge in [-0.15, -0.1) is 0 Å². The topological polar surface area (TPSA) is 74.4 Å². The molecule has 0 amide bonds. The van der Waals surface area contributed by atoms with E-state index in [0.29, 0.717) is 23.0 Å². The van der Waals surface area contributed by atoms with Gasteiger partial charge in [0, 0.05) is 30.8 Å². The van der Waals surface area contributed by atoms with Crippen LogP contribution in [-0.2, 0) is 13.0 Å². The lowest BCUT2D eigenvalue weighted by Gasteiger charge is -2.20. The number of rotatable bonds is 8. The van der Waals surface area contributed by atoms with E-state index in [1.807, 2.05) is 51.2 Å². The van der Waals surface area contributed by atoms with E-state index < -0.39 is 0 Å². The fourth-order valence-corrected chi connectivity index (χ4v) is 3.17. The molecule has 4 N–H and O–H groups in total. The third-order valence-electron chi connectivity index (χ3n) is 4.77. The van der Waals surface area contributed by atoms with Crippen LogP contribution in [0.5, 0.6) is 5.75 Å². The molecule has 0 aliphatic heterocycles. The van der Waals surface area contributed by atoms with Crippen LogP contribution in [-0.4, -0.2) is 19.8 Å². The maximum Gasteiger partial charge on any atom is 0.122 e. The Balaban J connectivity index is 2.25. The Morgan fingerprint density at radius 1 is 1.29 bits per heavy atom. The molecule has 0 bridgehead atoms. The molecule has 0 radical (unpaired) electrons. The molecular weight excluding hydrogens is 372 g/mol. The van der Waals surface area contributed by atoms with E-state index in [1.54, 1.807) is 12.1 Å². The number of hydrogen-bond donors (Lipinski definition) is 3. The van der Waals surface area contributed by atoms with Gasteiger partial charge in [0.2, 0.25) is 0 Å².